The topological polar surface area (TPSA) is 135 Å². The monoisotopic (exact) mass is 528 g/mol. The molecule has 1 aromatic carbocycles. The Morgan fingerprint density at radius 3 is 2.67 bits per heavy atom. The van der Waals surface area contributed by atoms with Gasteiger partial charge in [-0.3, -0.25) is 19.7 Å². The smallest absolute Gasteiger partial charge is 0.200 e. The predicted octanol–water partition coefficient (Wildman–Crippen LogP) is 3.87. The van der Waals surface area contributed by atoms with Crippen LogP contribution in [-0.4, -0.2) is 48.3 Å². The summed E-state index contributed by atoms with van der Waals surface area (Å²) in [6, 6.07) is 10.4. The second-order valence-electron chi connectivity index (χ2n) is 9.11. The highest BCUT2D eigenvalue weighted by Gasteiger charge is 2.18. The normalized spacial score (nSPS) is 11.9. The van der Waals surface area contributed by atoms with Crippen molar-refractivity contribution in [2.24, 2.45) is 7.05 Å². The number of H-pyrrole nitrogens is 1. The average Bonchev–Trinajstić information content (AvgIpc) is 3.34. The Hall–Kier alpha value is -4.90. The van der Waals surface area contributed by atoms with Crippen molar-refractivity contribution in [1.82, 2.24) is 24.7 Å². The third-order valence-electron chi connectivity index (χ3n) is 6.06. The van der Waals surface area contributed by atoms with Gasteiger partial charge in [0.15, 0.2) is 22.7 Å². The van der Waals surface area contributed by atoms with Gasteiger partial charge in [0, 0.05) is 49.0 Å². The Bertz CT molecular complexity index is 1700. The summed E-state index contributed by atoms with van der Waals surface area (Å²) in [5.74, 6) is 0.606. The van der Waals surface area contributed by atoms with Crippen molar-refractivity contribution in [3.05, 3.63) is 94.5 Å². The van der Waals surface area contributed by atoms with Gasteiger partial charge in [0.05, 0.1) is 24.8 Å². The first kappa shape index (κ1) is 25.7. The number of pyridine rings is 3. The molecule has 4 aromatic heterocycles. The van der Waals surface area contributed by atoms with Crippen LogP contribution in [0.2, 0.25) is 0 Å². The van der Waals surface area contributed by atoms with Crippen molar-refractivity contribution >= 4 is 22.6 Å². The maximum absolute atomic E-state index is 13.3. The van der Waals surface area contributed by atoms with Crippen LogP contribution in [0.15, 0.2) is 72.0 Å². The summed E-state index contributed by atoms with van der Waals surface area (Å²) in [6.45, 7) is 1.74. The molecule has 3 N–H and O–H groups in total. The zero-order valence-corrected chi connectivity index (χ0v) is 21.2. The standard InChI is InChI=1S/C28H25FN6O4/c1-16(15-36)32-28-25-24(9-10-30-27(25)33-34-28)39-20-8-7-19(31-12-20)11-23(37)22-14-35(2)13-21(26(22)38)17-3-5-18(29)6-4-17/h3-10,12-14,16,36H,11,15H2,1-2H3,(H2,30,32,33,34)/t16-/m1/s1. The summed E-state index contributed by atoms with van der Waals surface area (Å²) in [5, 5.41) is 20.1. The lowest BCUT2D eigenvalue weighted by Crippen LogP contribution is -2.20. The Kier molecular flexibility index (Phi) is 7.15. The highest BCUT2D eigenvalue weighted by atomic mass is 19.1. The van der Waals surface area contributed by atoms with Gasteiger partial charge in [-0.1, -0.05) is 12.1 Å². The number of hydrogen-bond donors (Lipinski definition) is 3. The van der Waals surface area contributed by atoms with Crippen LogP contribution in [0.1, 0.15) is 23.0 Å². The fraction of sp³-hybridized carbons (Fsp3) is 0.179. The molecule has 0 aliphatic rings. The van der Waals surface area contributed by atoms with Crippen molar-refractivity contribution in [2.45, 2.75) is 19.4 Å². The van der Waals surface area contributed by atoms with Crippen LogP contribution in [0.25, 0.3) is 22.2 Å². The van der Waals surface area contributed by atoms with E-state index in [0.29, 0.717) is 45.2 Å². The molecule has 198 valence electrons. The Labute approximate surface area is 222 Å². The van der Waals surface area contributed by atoms with Crippen LogP contribution in [0.4, 0.5) is 10.2 Å². The number of aromatic nitrogens is 5. The number of rotatable bonds is 9. The van der Waals surface area contributed by atoms with E-state index in [1.54, 1.807) is 42.2 Å². The third kappa shape index (κ3) is 5.53. The third-order valence-corrected chi connectivity index (χ3v) is 6.06. The Morgan fingerprint density at radius 1 is 1.15 bits per heavy atom. The number of benzene rings is 1. The van der Waals surface area contributed by atoms with Crippen molar-refractivity contribution in [3.63, 3.8) is 0 Å². The number of aliphatic hydroxyl groups excluding tert-OH is 1. The molecule has 0 radical (unpaired) electrons. The maximum Gasteiger partial charge on any atom is 0.200 e. The van der Waals surface area contributed by atoms with Gasteiger partial charge in [-0.2, -0.15) is 5.10 Å². The van der Waals surface area contributed by atoms with E-state index in [1.807, 2.05) is 6.92 Å². The van der Waals surface area contributed by atoms with Crippen LogP contribution in [0.5, 0.6) is 11.5 Å². The molecule has 11 heteroatoms. The van der Waals surface area contributed by atoms with Crippen molar-refractivity contribution < 1.29 is 19.0 Å². The number of anilines is 1. The van der Waals surface area contributed by atoms with E-state index in [9.17, 15) is 19.1 Å². The number of Topliss-reactive ketones (excluding diaryl/α,β-unsaturated/α-hetero) is 1. The molecule has 10 nitrogen and oxygen atoms in total. The summed E-state index contributed by atoms with van der Waals surface area (Å²) in [5.41, 5.74) is 1.41. The zero-order valence-electron chi connectivity index (χ0n) is 21.2. The van der Waals surface area contributed by atoms with Crippen LogP contribution in [0.3, 0.4) is 0 Å². The van der Waals surface area contributed by atoms with Crippen LogP contribution in [0, 0.1) is 5.82 Å². The molecule has 39 heavy (non-hydrogen) atoms. The van der Waals surface area contributed by atoms with Gasteiger partial charge >= 0.3 is 0 Å². The predicted molar refractivity (Wildman–Crippen MR) is 143 cm³/mol. The van der Waals surface area contributed by atoms with Crippen molar-refractivity contribution in [1.29, 1.82) is 0 Å². The number of nitrogens with one attached hydrogen (secondary N) is 2. The van der Waals surface area contributed by atoms with Crippen LogP contribution < -0.4 is 15.5 Å². The maximum atomic E-state index is 13.3. The zero-order chi connectivity index (χ0) is 27.5. The Morgan fingerprint density at radius 2 is 1.95 bits per heavy atom. The number of carbonyl (C=O) groups is 1. The minimum atomic E-state index is -0.425. The molecule has 0 aliphatic heterocycles. The summed E-state index contributed by atoms with van der Waals surface area (Å²) >= 11 is 0. The number of aliphatic hydroxyl groups is 1. The lowest BCUT2D eigenvalue weighted by molar-refractivity contribution is 0.0990. The lowest BCUT2D eigenvalue weighted by atomic mass is 10.0. The molecule has 5 rings (SSSR count). The second-order valence-corrected chi connectivity index (χ2v) is 9.11. The molecule has 0 aliphatic carbocycles. The molecule has 5 aromatic rings. The number of ether oxygens (including phenoxy) is 1. The number of halogens is 1. The van der Waals surface area contributed by atoms with Crippen molar-refractivity contribution in [3.8, 4) is 22.6 Å². The molecule has 0 bridgehead atoms. The summed E-state index contributed by atoms with van der Waals surface area (Å²) in [4.78, 5) is 34.8. The van der Waals surface area contributed by atoms with E-state index < -0.39 is 11.2 Å². The van der Waals surface area contributed by atoms with E-state index in [2.05, 4.69) is 25.5 Å². The molecule has 0 fully saturated rings. The van der Waals surface area contributed by atoms with Crippen molar-refractivity contribution in [2.75, 3.05) is 11.9 Å². The molecule has 0 saturated heterocycles. The molecule has 0 spiro atoms. The minimum Gasteiger partial charge on any atom is -0.455 e. The Balaban J connectivity index is 1.35. The number of fused-ring (bicyclic) bond motifs is 1. The molecule has 0 unspecified atom stereocenters. The van der Waals surface area contributed by atoms with Gasteiger partial charge in [-0.05, 0) is 36.8 Å². The van der Waals surface area contributed by atoms with Gasteiger partial charge < -0.3 is 19.7 Å². The lowest BCUT2D eigenvalue weighted by Gasteiger charge is -2.12. The van der Waals surface area contributed by atoms with E-state index in [4.69, 9.17) is 4.74 Å². The summed E-state index contributed by atoms with van der Waals surface area (Å²) < 4.78 is 21.0. The number of hydrogen-bond acceptors (Lipinski definition) is 8. The largest absolute Gasteiger partial charge is 0.455 e. The number of ketones is 1. The van der Waals surface area contributed by atoms with Gasteiger partial charge in [-0.15, -0.1) is 0 Å². The number of aromatic amines is 1. The SMILES string of the molecule is C[C@H](CO)Nc1n[nH]c2nccc(Oc3ccc(CC(=O)c4cn(C)cc(-c5ccc(F)cc5)c4=O)nc3)c12. The average molecular weight is 529 g/mol. The van der Waals surface area contributed by atoms with Crippen LogP contribution >= 0.6 is 0 Å². The number of aryl methyl sites for hydroxylation is 1. The van der Waals surface area contributed by atoms with E-state index in [0.717, 1.165) is 0 Å². The first-order valence-electron chi connectivity index (χ1n) is 12.1. The molecular weight excluding hydrogens is 503 g/mol. The highest BCUT2D eigenvalue weighted by molar-refractivity contribution is 5.98. The fourth-order valence-corrected chi connectivity index (χ4v) is 4.09. The molecular formula is C28H25FN6O4. The molecule has 0 amide bonds. The quantitative estimate of drug-likeness (QED) is 0.246. The van der Waals surface area contributed by atoms with Gasteiger partial charge in [0.1, 0.15) is 22.7 Å². The molecule has 0 saturated carbocycles. The second kappa shape index (κ2) is 10.8. The molecule has 4 heterocycles. The van der Waals surface area contributed by atoms with E-state index in [1.165, 1.54) is 36.7 Å². The fourth-order valence-electron chi connectivity index (χ4n) is 4.09. The van der Waals surface area contributed by atoms with E-state index >= 15 is 0 Å². The number of nitrogens with zero attached hydrogens (tertiary/aromatic N) is 4. The highest BCUT2D eigenvalue weighted by Crippen LogP contribution is 2.32. The number of carbonyl (C=O) groups excluding carboxylic acids is 1. The van der Waals surface area contributed by atoms with Gasteiger partial charge in [0.25, 0.3) is 0 Å². The minimum absolute atomic E-state index is 0.0257. The summed E-state index contributed by atoms with van der Waals surface area (Å²) in [7, 11) is 1.72. The van der Waals surface area contributed by atoms with Crippen LogP contribution in [-0.2, 0) is 13.5 Å². The van der Waals surface area contributed by atoms with E-state index in [-0.39, 0.29) is 30.4 Å². The summed E-state index contributed by atoms with van der Waals surface area (Å²) in [6.07, 6.45) is 6.08. The first-order chi connectivity index (χ1) is 18.8. The first-order valence-corrected chi connectivity index (χ1v) is 12.1. The van der Waals surface area contributed by atoms with Gasteiger partial charge in [-0.25, -0.2) is 9.37 Å². The molecule has 1 atom stereocenters. The van der Waals surface area contributed by atoms with Gasteiger partial charge in [0.2, 0.25) is 0 Å².